The predicted octanol–water partition coefficient (Wildman–Crippen LogP) is 2.28. The molecule has 0 aromatic heterocycles. The van der Waals surface area contributed by atoms with Gasteiger partial charge in [-0.3, -0.25) is 14.5 Å². The van der Waals surface area contributed by atoms with E-state index in [9.17, 15) is 14.9 Å². The van der Waals surface area contributed by atoms with Crippen LogP contribution in [-0.2, 0) is 16.0 Å². The lowest BCUT2D eigenvalue weighted by Gasteiger charge is -2.36. The van der Waals surface area contributed by atoms with Crippen molar-refractivity contribution in [3.8, 4) is 6.07 Å². The minimum absolute atomic E-state index is 0.0824. The molecule has 6 heteroatoms. The first kappa shape index (κ1) is 21.3. The number of likely N-dealkylation sites (tertiary alicyclic amines) is 1. The van der Waals surface area contributed by atoms with Gasteiger partial charge in [0.25, 0.3) is 0 Å². The molecule has 29 heavy (non-hydrogen) atoms. The molecule has 0 bridgehead atoms. The lowest BCUT2D eigenvalue weighted by atomic mass is 10.0. The van der Waals surface area contributed by atoms with Gasteiger partial charge >= 0.3 is 0 Å². The zero-order valence-electron chi connectivity index (χ0n) is 17.9. The molecule has 0 spiro atoms. The van der Waals surface area contributed by atoms with Crippen molar-refractivity contribution in [2.75, 3.05) is 39.3 Å². The number of carbonyl (C=O) groups is 2. The van der Waals surface area contributed by atoms with Crippen LogP contribution in [0.5, 0.6) is 0 Å². The zero-order chi connectivity index (χ0) is 21.0. The van der Waals surface area contributed by atoms with E-state index < -0.39 is 0 Å². The molecule has 2 amide bonds. The summed E-state index contributed by atoms with van der Waals surface area (Å²) in [6, 6.07) is 9.61. The standard InChI is InChI=1S/C23H32N4O2/c1-23(2,3)27-11-10-20(17-27)22(29)26-14-12-25(13-15-26)21(28)9-8-18-6-4-5-7-19(18)16-24/h4-7,20H,8-15,17H2,1-3H3. The minimum atomic E-state index is 0.0824. The Balaban J connectivity index is 1.46. The minimum Gasteiger partial charge on any atom is -0.339 e. The summed E-state index contributed by atoms with van der Waals surface area (Å²) in [5.74, 6) is 0.426. The summed E-state index contributed by atoms with van der Waals surface area (Å²) in [7, 11) is 0. The van der Waals surface area contributed by atoms with Crippen molar-refractivity contribution >= 4 is 11.8 Å². The van der Waals surface area contributed by atoms with Crippen LogP contribution < -0.4 is 0 Å². The van der Waals surface area contributed by atoms with Gasteiger partial charge in [0.05, 0.1) is 17.6 Å². The highest BCUT2D eigenvalue weighted by atomic mass is 16.2. The van der Waals surface area contributed by atoms with Crippen molar-refractivity contribution in [1.29, 1.82) is 5.26 Å². The fourth-order valence-corrected chi connectivity index (χ4v) is 4.25. The average Bonchev–Trinajstić information content (AvgIpc) is 3.22. The molecule has 2 fully saturated rings. The Labute approximate surface area is 174 Å². The van der Waals surface area contributed by atoms with Gasteiger partial charge in [-0.2, -0.15) is 5.26 Å². The lowest BCUT2D eigenvalue weighted by Crippen LogP contribution is -2.52. The summed E-state index contributed by atoms with van der Waals surface area (Å²) in [4.78, 5) is 31.7. The first-order valence-corrected chi connectivity index (χ1v) is 10.6. The van der Waals surface area contributed by atoms with Gasteiger partial charge < -0.3 is 9.80 Å². The van der Waals surface area contributed by atoms with Crippen molar-refractivity contribution in [3.05, 3.63) is 35.4 Å². The number of piperazine rings is 1. The Morgan fingerprint density at radius 1 is 1.07 bits per heavy atom. The summed E-state index contributed by atoms with van der Waals surface area (Å²) < 4.78 is 0. The maximum Gasteiger partial charge on any atom is 0.227 e. The van der Waals surface area contributed by atoms with Crippen LogP contribution >= 0.6 is 0 Å². The normalized spacial score (nSPS) is 20.6. The number of carbonyl (C=O) groups excluding carboxylic acids is 2. The second kappa shape index (κ2) is 8.96. The van der Waals surface area contributed by atoms with Crippen LogP contribution in [0.15, 0.2) is 24.3 Å². The molecule has 1 aromatic rings. The molecular formula is C23H32N4O2. The average molecular weight is 397 g/mol. The third-order valence-corrected chi connectivity index (χ3v) is 6.18. The third kappa shape index (κ3) is 5.16. The molecule has 1 unspecified atom stereocenters. The Morgan fingerprint density at radius 2 is 1.72 bits per heavy atom. The molecule has 0 radical (unpaired) electrons. The number of rotatable bonds is 4. The van der Waals surface area contributed by atoms with Crippen LogP contribution in [0.4, 0.5) is 0 Å². The lowest BCUT2D eigenvalue weighted by molar-refractivity contribution is -0.142. The van der Waals surface area contributed by atoms with Gasteiger partial charge in [-0.05, 0) is 51.8 Å². The van der Waals surface area contributed by atoms with E-state index >= 15 is 0 Å². The molecule has 2 saturated heterocycles. The molecule has 2 heterocycles. The SMILES string of the molecule is CC(C)(C)N1CCC(C(=O)N2CCN(C(=O)CCc3ccccc3C#N)CC2)C1. The Morgan fingerprint density at radius 3 is 2.34 bits per heavy atom. The molecule has 6 nitrogen and oxygen atoms in total. The Bertz CT molecular complexity index is 785. The summed E-state index contributed by atoms with van der Waals surface area (Å²) >= 11 is 0. The van der Waals surface area contributed by atoms with E-state index in [1.165, 1.54) is 0 Å². The van der Waals surface area contributed by atoms with E-state index in [1.807, 2.05) is 28.0 Å². The molecule has 3 rings (SSSR count). The Hall–Kier alpha value is -2.39. The smallest absolute Gasteiger partial charge is 0.227 e. The van der Waals surface area contributed by atoms with Crippen LogP contribution in [0, 0.1) is 17.2 Å². The molecule has 0 N–H and O–H groups in total. The van der Waals surface area contributed by atoms with E-state index in [2.05, 4.69) is 31.7 Å². The fraction of sp³-hybridized carbons (Fsp3) is 0.609. The number of nitriles is 1. The number of benzene rings is 1. The Kier molecular flexibility index (Phi) is 6.59. The van der Waals surface area contributed by atoms with Crippen LogP contribution in [0.1, 0.15) is 44.7 Å². The molecule has 2 aliphatic heterocycles. The number of hydrogen-bond donors (Lipinski definition) is 0. The fourth-order valence-electron chi connectivity index (χ4n) is 4.25. The maximum absolute atomic E-state index is 12.9. The molecule has 1 aromatic carbocycles. The molecule has 0 aliphatic carbocycles. The summed E-state index contributed by atoms with van der Waals surface area (Å²) in [5.41, 5.74) is 1.66. The van der Waals surface area contributed by atoms with E-state index in [4.69, 9.17) is 0 Å². The first-order valence-electron chi connectivity index (χ1n) is 10.6. The van der Waals surface area contributed by atoms with Crippen molar-refractivity contribution in [2.45, 2.75) is 45.6 Å². The number of aryl methyl sites for hydroxylation is 1. The number of nitrogens with zero attached hydrogens (tertiary/aromatic N) is 4. The van der Waals surface area contributed by atoms with Crippen LogP contribution in [0.2, 0.25) is 0 Å². The van der Waals surface area contributed by atoms with Crippen LogP contribution in [0.25, 0.3) is 0 Å². The second-order valence-electron chi connectivity index (χ2n) is 9.08. The predicted molar refractivity (Wildman–Crippen MR) is 112 cm³/mol. The highest BCUT2D eigenvalue weighted by Gasteiger charge is 2.36. The zero-order valence-corrected chi connectivity index (χ0v) is 17.9. The van der Waals surface area contributed by atoms with Gasteiger partial charge in [-0.25, -0.2) is 0 Å². The van der Waals surface area contributed by atoms with E-state index in [0.717, 1.165) is 25.1 Å². The van der Waals surface area contributed by atoms with Crippen LogP contribution in [0.3, 0.4) is 0 Å². The highest BCUT2D eigenvalue weighted by Crippen LogP contribution is 2.26. The molecular weight excluding hydrogens is 364 g/mol. The third-order valence-electron chi connectivity index (χ3n) is 6.18. The van der Waals surface area contributed by atoms with Gasteiger partial charge in [0, 0.05) is 44.7 Å². The van der Waals surface area contributed by atoms with Gasteiger partial charge in [0.15, 0.2) is 0 Å². The topological polar surface area (TPSA) is 67.7 Å². The van der Waals surface area contributed by atoms with Crippen molar-refractivity contribution in [3.63, 3.8) is 0 Å². The first-order chi connectivity index (χ1) is 13.8. The summed E-state index contributed by atoms with van der Waals surface area (Å²) in [6.07, 6.45) is 1.90. The van der Waals surface area contributed by atoms with Crippen LogP contribution in [-0.4, -0.2) is 71.3 Å². The summed E-state index contributed by atoms with van der Waals surface area (Å²) in [6.45, 7) is 10.8. The highest BCUT2D eigenvalue weighted by molar-refractivity contribution is 5.80. The van der Waals surface area contributed by atoms with E-state index in [-0.39, 0.29) is 23.3 Å². The largest absolute Gasteiger partial charge is 0.339 e. The molecule has 1 atom stereocenters. The van der Waals surface area contributed by atoms with E-state index in [1.54, 1.807) is 6.07 Å². The second-order valence-corrected chi connectivity index (χ2v) is 9.08. The molecule has 156 valence electrons. The molecule has 0 saturated carbocycles. The number of amides is 2. The quantitative estimate of drug-likeness (QED) is 0.783. The van der Waals surface area contributed by atoms with Gasteiger partial charge in [-0.1, -0.05) is 18.2 Å². The summed E-state index contributed by atoms with van der Waals surface area (Å²) in [5, 5.41) is 9.18. The van der Waals surface area contributed by atoms with Crippen molar-refractivity contribution in [1.82, 2.24) is 14.7 Å². The monoisotopic (exact) mass is 396 g/mol. The van der Waals surface area contributed by atoms with E-state index in [0.29, 0.717) is 44.6 Å². The maximum atomic E-state index is 12.9. The van der Waals surface area contributed by atoms with Gasteiger partial charge in [-0.15, -0.1) is 0 Å². The number of hydrogen-bond acceptors (Lipinski definition) is 4. The van der Waals surface area contributed by atoms with Gasteiger partial charge in [0.2, 0.25) is 11.8 Å². The van der Waals surface area contributed by atoms with Crippen molar-refractivity contribution in [2.24, 2.45) is 5.92 Å². The molecule has 2 aliphatic rings. The van der Waals surface area contributed by atoms with Crippen molar-refractivity contribution < 1.29 is 9.59 Å². The van der Waals surface area contributed by atoms with Gasteiger partial charge in [0.1, 0.15) is 0 Å².